The maximum atomic E-state index is 14.2. The zero-order valence-electron chi connectivity index (χ0n) is 49.5. The number of ether oxygens (including phenoxy) is 5. The van der Waals surface area contributed by atoms with Crippen molar-refractivity contribution in [1.82, 2.24) is 30.4 Å². The number of hydrogen-bond donors (Lipinski definition) is 6. The Bertz CT molecular complexity index is 3630. The predicted molar refractivity (Wildman–Crippen MR) is 333 cm³/mol. The van der Waals surface area contributed by atoms with Gasteiger partial charge in [-0.25, -0.2) is 0 Å². The summed E-state index contributed by atoms with van der Waals surface area (Å²) >= 11 is 0. The third-order valence-electron chi connectivity index (χ3n) is 14.7. The minimum absolute atomic E-state index is 0.0356. The summed E-state index contributed by atoms with van der Waals surface area (Å²) in [6, 6.07) is 20.5. The lowest BCUT2D eigenvalue weighted by atomic mass is 10.0. The molecule has 0 saturated heterocycles. The van der Waals surface area contributed by atoms with Crippen LogP contribution in [0.2, 0.25) is 0 Å². The van der Waals surface area contributed by atoms with Gasteiger partial charge in [-0.15, -0.1) is 0 Å². The minimum Gasteiger partial charge on any atom is -0.497 e. The first-order valence-electron chi connectivity index (χ1n) is 28.5. The second-order valence-electron chi connectivity index (χ2n) is 21.1. The van der Waals surface area contributed by atoms with Gasteiger partial charge in [0.05, 0.1) is 69.1 Å². The van der Waals surface area contributed by atoms with E-state index >= 15 is 0 Å². The van der Waals surface area contributed by atoms with Crippen LogP contribution in [0.15, 0.2) is 127 Å². The molecule has 6 N–H and O–H groups in total. The van der Waals surface area contributed by atoms with Gasteiger partial charge in [-0.05, 0) is 90.1 Å². The van der Waals surface area contributed by atoms with Crippen molar-refractivity contribution in [3.8, 4) is 28.7 Å². The van der Waals surface area contributed by atoms with Gasteiger partial charge in [0.2, 0.25) is 35.5 Å². The fourth-order valence-electron chi connectivity index (χ4n) is 10.00. The van der Waals surface area contributed by atoms with Crippen LogP contribution in [0.25, 0.3) is 11.1 Å². The maximum absolute atomic E-state index is 14.2. The summed E-state index contributed by atoms with van der Waals surface area (Å²) in [5, 5.41) is 16.3. The number of aliphatic imine (C=N–C) groups is 2. The van der Waals surface area contributed by atoms with E-state index in [0.29, 0.717) is 76.9 Å². The molecule has 9 rings (SSSR count). The highest BCUT2D eigenvalue weighted by Gasteiger charge is 2.36. The van der Waals surface area contributed by atoms with Crippen LogP contribution in [0.3, 0.4) is 0 Å². The fraction of sp³-hybridized carbons (Fsp3) is 0.297. The largest absolute Gasteiger partial charge is 0.497 e. The Labute approximate surface area is 508 Å². The topological polar surface area (TPSA) is 295 Å². The van der Waals surface area contributed by atoms with E-state index in [1.165, 1.54) is 20.3 Å². The number of nitrogens with zero attached hydrogens (tertiary/aromatic N) is 6. The summed E-state index contributed by atoms with van der Waals surface area (Å²) < 4.78 is 29.0. The van der Waals surface area contributed by atoms with Gasteiger partial charge < -0.3 is 60.1 Å². The first-order chi connectivity index (χ1) is 42.4. The number of anilines is 4. The highest BCUT2D eigenvalue weighted by Crippen LogP contribution is 2.42. The van der Waals surface area contributed by atoms with Gasteiger partial charge in [0.25, 0.3) is 11.8 Å². The fourth-order valence-corrected chi connectivity index (χ4v) is 10.00. The highest BCUT2D eigenvalue weighted by molar-refractivity contribution is 6.07. The first kappa shape index (κ1) is 61.9. The van der Waals surface area contributed by atoms with Crippen LogP contribution in [-0.4, -0.2) is 139 Å². The number of carbonyl (C=O) groups is 7. The molecule has 0 bridgehead atoms. The molecule has 5 heterocycles. The SMILES string of the molecule is C=CC(=O)Nc1cc(NCCCC(=O)NC(C(=O)N[C@@H](C)C(=O)Nc2ccc(C3=CN4C(=O)c5cc(OC)c(OCCCOc6cc7c(cc6OC)C(=O)N6C=C(c8ccc(OC)cc8)C[C@H]6C=N7)cc5N=CC4C3)cc2)C(C)C)nc(NC(=O)C=C)n1. The molecule has 2 unspecified atom stereocenters. The van der Waals surface area contributed by atoms with Crippen LogP contribution in [0.4, 0.5) is 34.6 Å². The van der Waals surface area contributed by atoms with Crippen molar-refractivity contribution < 1.29 is 57.2 Å². The average Bonchev–Trinajstić information content (AvgIpc) is 2.19. The van der Waals surface area contributed by atoms with Crippen LogP contribution in [0, 0.1) is 5.92 Å². The summed E-state index contributed by atoms with van der Waals surface area (Å²) in [5.74, 6) is -0.664. The van der Waals surface area contributed by atoms with Crippen molar-refractivity contribution in [3.05, 3.63) is 139 Å². The van der Waals surface area contributed by atoms with Crippen molar-refractivity contribution in [2.45, 2.75) is 77.0 Å². The van der Waals surface area contributed by atoms with Gasteiger partial charge in [0, 0.05) is 80.9 Å². The summed E-state index contributed by atoms with van der Waals surface area (Å²) in [4.78, 5) is 113. The molecular weight excluding hydrogens is 1130 g/mol. The van der Waals surface area contributed by atoms with E-state index in [1.807, 2.05) is 42.6 Å². The van der Waals surface area contributed by atoms with Crippen molar-refractivity contribution >= 4 is 99.6 Å². The Morgan fingerprint density at radius 3 is 1.68 bits per heavy atom. The quantitative estimate of drug-likeness (QED) is 0.0226. The smallest absolute Gasteiger partial charge is 0.260 e. The van der Waals surface area contributed by atoms with Gasteiger partial charge in [0.15, 0.2) is 23.0 Å². The van der Waals surface area contributed by atoms with E-state index < -0.39 is 41.6 Å². The minimum atomic E-state index is -0.968. The molecule has 88 heavy (non-hydrogen) atoms. The van der Waals surface area contributed by atoms with Crippen molar-refractivity contribution in [2.24, 2.45) is 15.9 Å². The monoisotopic (exact) mass is 1200 g/mol. The van der Waals surface area contributed by atoms with Crippen molar-refractivity contribution in [2.75, 3.05) is 62.4 Å². The summed E-state index contributed by atoms with van der Waals surface area (Å²) in [5.41, 5.74) is 5.85. The normalized spacial score (nSPS) is 15.9. The van der Waals surface area contributed by atoms with Crippen molar-refractivity contribution in [3.63, 3.8) is 0 Å². The molecule has 1 aromatic heterocycles. The molecule has 0 fully saturated rings. The summed E-state index contributed by atoms with van der Waals surface area (Å²) in [7, 11) is 4.64. The van der Waals surface area contributed by atoms with E-state index in [4.69, 9.17) is 33.7 Å². The molecule has 4 aliphatic heterocycles. The van der Waals surface area contributed by atoms with E-state index in [0.717, 1.165) is 40.2 Å². The molecule has 4 atom stereocenters. The molecule has 456 valence electrons. The molecule has 4 aromatic carbocycles. The van der Waals surface area contributed by atoms with E-state index in [-0.39, 0.29) is 73.6 Å². The van der Waals surface area contributed by atoms with Gasteiger partial charge in [0.1, 0.15) is 29.5 Å². The lowest BCUT2D eigenvalue weighted by Crippen LogP contribution is -2.53. The zero-order chi connectivity index (χ0) is 62.6. The molecule has 0 spiro atoms. The number of fused-ring (bicyclic) bond motifs is 4. The van der Waals surface area contributed by atoms with Gasteiger partial charge in [-0.1, -0.05) is 51.3 Å². The molecule has 0 radical (unpaired) electrons. The number of benzene rings is 4. The lowest BCUT2D eigenvalue weighted by Gasteiger charge is -2.24. The second kappa shape index (κ2) is 28.0. The lowest BCUT2D eigenvalue weighted by molar-refractivity contribution is -0.131. The molecule has 24 heteroatoms. The van der Waals surface area contributed by atoms with Crippen LogP contribution in [0.1, 0.15) is 84.7 Å². The molecule has 4 aliphatic rings. The molecule has 0 saturated carbocycles. The average molecular weight is 1200 g/mol. The summed E-state index contributed by atoms with van der Waals surface area (Å²) in [6.07, 6.45) is 11.2. The molecule has 5 aromatic rings. The molecular formula is C64H68N12O12. The molecule has 24 nitrogen and oxygen atoms in total. The Balaban J connectivity index is 0.731. The van der Waals surface area contributed by atoms with Crippen LogP contribution < -0.4 is 55.6 Å². The van der Waals surface area contributed by atoms with Gasteiger partial charge in [-0.3, -0.25) is 48.9 Å². The maximum Gasteiger partial charge on any atom is 0.260 e. The second-order valence-corrected chi connectivity index (χ2v) is 21.1. The number of rotatable bonds is 26. The first-order valence-corrected chi connectivity index (χ1v) is 28.5. The highest BCUT2D eigenvalue weighted by atomic mass is 16.5. The number of nitrogens with one attached hydrogen (secondary N) is 6. The van der Waals surface area contributed by atoms with Crippen LogP contribution in [-0.2, 0) is 24.0 Å². The van der Waals surface area contributed by atoms with Crippen LogP contribution >= 0.6 is 0 Å². The number of hydrogen-bond acceptors (Lipinski definition) is 17. The van der Waals surface area contributed by atoms with Crippen LogP contribution in [0.5, 0.6) is 28.7 Å². The Morgan fingerprint density at radius 1 is 0.625 bits per heavy atom. The zero-order valence-corrected chi connectivity index (χ0v) is 49.5. The van der Waals surface area contributed by atoms with E-state index in [9.17, 15) is 33.6 Å². The third kappa shape index (κ3) is 14.7. The third-order valence-corrected chi connectivity index (χ3v) is 14.7. The number of amides is 7. The number of carbonyl (C=O) groups excluding carboxylic acids is 7. The Morgan fingerprint density at radius 2 is 1.16 bits per heavy atom. The molecule has 0 aliphatic carbocycles. The molecule has 7 amide bonds. The van der Waals surface area contributed by atoms with Gasteiger partial charge >= 0.3 is 0 Å². The predicted octanol–water partition coefficient (Wildman–Crippen LogP) is 8.02. The van der Waals surface area contributed by atoms with Gasteiger partial charge in [-0.2, -0.15) is 9.97 Å². The standard InChI is InChI=1S/C64H68N12O12/c1-9-56(77)70-55-31-54(71-64(72-55)74-57(78)10-2)65-22-11-13-58(79)73-59(36(3)4)61(81)68-37(5)60(80)69-42-18-14-38(15-19-42)40-25-43-32-66-48-29-52(50(85-7)27-46(48)62(82)75(43)34-40)87-23-12-24-88-53-30-49-47(28-51(53)86-8)63(83)76-35-41(26-44(76)33-67-49)39-16-20-45(84-6)21-17-39/h9-10,14-21,27-37,43-44,59H,1-2,11-13,22-26H2,3-8H3,(H,68,81)(H,69,80)(H,73,79)(H3,65,70,71,72,74,77,78)/t37-,43?,44-,59?/m0/s1. The Hall–Kier alpha value is -10.7. The Kier molecular flexibility index (Phi) is 19.7. The van der Waals surface area contributed by atoms with Crippen molar-refractivity contribution in [1.29, 1.82) is 0 Å². The van der Waals surface area contributed by atoms with E-state index in [1.54, 1.807) is 92.7 Å². The number of methoxy groups -OCH3 is 3. The number of aromatic nitrogens is 2. The van der Waals surface area contributed by atoms with E-state index in [2.05, 4.69) is 55.0 Å². The summed E-state index contributed by atoms with van der Waals surface area (Å²) in [6.45, 7) is 12.7.